The van der Waals surface area contributed by atoms with Gasteiger partial charge in [0.2, 0.25) is 17.2 Å². The molecule has 0 aliphatic rings. The molecule has 0 saturated heterocycles. The van der Waals surface area contributed by atoms with Crippen molar-refractivity contribution < 1.29 is 54.5 Å². The number of nitrogens with zero attached hydrogens (tertiary/aromatic N) is 6. The number of nitro groups is 1. The summed E-state index contributed by atoms with van der Waals surface area (Å²) in [7, 11) is 11.5. The monoisotopic (exact) mass is 800 g/mol. The fraction of sp³-hybridized carbons (Fsp3) is 0.303. The summed E-state index contributed by atoms with van der Waals surface area (Å²) in [5.41, 5.74) is 2.54. The number of quaternary nitrogens is 1. The highest BCUT2D eigenvalue weighted by atomic mass is 79.9. The van der Waals surface area contributed by atoms with E-state index in [1.54, 1.807) is 62.2 Å². The Morgan fingerprint density at radius 3 is 2.22 bits per heavy atom. The van der Waals surface area contributed by atoms with E-state index in [0.29, 0.717) is 61.3 Å². The van der Waals surface area contributed by atoms with Gasteiger partial charge in [-0.25, -0.2) is 9.25 Å². The van der Waals surface area contributed by atoms with E-state index in [4.69, 9.17) is 28.5 Å². The zero-order chi connectivity index (χ0) is 34.9. The van der Waals surface area contributed by atoms with Crippen LogP contribution < -0.4 is 35.9 Å². The minimum absolute atomic E-state index is 0. The smallest absolute Gasteiger partial charge is 0.435 e. The number of hydrogen-bond acceptors (Lipinski definition) is 10. The molecule has 3 aromatic heterocycles. The Bertz CT molecular complexity index is 2100. The summed E-state index contributed by atoms with van der Waals surface area (Å²) in [5.74, 6) is 7.28. The Morgan fingerprint density at radius 1 is 1.04 bits per heavy atom. The molecule has 0 aliphatic heterocycles. The predicted molar refractivity (Wildman–Crippen MR) is 179 cm³/mol. The van der Waals surface area contributed by atoms with E-state index in [9.17, 15) is 14.9 Å². The van der Waals surface area contributed by atoms with Gasteiger partial charge in [-0.1, -0.05) is 10.9 Å². The van der Waals surface area contributed by atoms with Crippen LogP contribution >= 0.6 is 15.9 Å². The molecule has 3 heterocycles. The van der Waals surface area contributed by atoms with Gasteiger partial charge in [-0.2, -0.15) is 5.10 Å². The molecule has 0 aliphatic carbocycles. The van der Waals surface area contributed by atoms with Crippen LogP contribution in [0.2, 0.25) is 0 Å². The van der Waals surface area contributed by atoms with Crippen LogP contribution in [0, 0.1) is 22.0 Å². The van der Waals surface area contributed by atoms with Crippen molar-refractivity contribution in [3.63, 3.8) is 0 Å². The Morgan fingerprint density at radius 2 is 1.69 bits per heavy atom. The molecule has 0 atom stereocenters. The summed E-state index contributed by atoms with van der Waals surface area (Å²) in [6.07, 6.45) is 0. The van der Waals surface area contributed by atoms with E-state index in [0.717, 1.165) is 0 Å². The van der Waals surface area contributed by atoms with Crippen molar-refractivity contribution in [2.75, 3.05) is 42.5 Å². The van der Waals surface area contributed by atoms with E-state index in [2.05, 4.69) is 32.8 Å². The summed E-state index contributed by atoms with van der Waals surface area (Å²) < 4.78 is 31.7. The van der Waals surface area contributed by atoms with Crippen molar-refractivity contribution in [3.8, 4) is 46.3 Å². The maximum absolute atomic E-state index is 14.2. The number of hydrogen-bond donors (Lipinski definition) is 0. The molecule has 49 heavy (non-hydrogen) atoms. The van der Waals surface area contributed by atoms with Crippen LogP contribution in [0.15, 0.2) is 45.5 Å². The lowest BCUT2D eigenvalue weighted by Gasteiger charge is -2.29. The Hall–Kier alpha value is -4.85. The van der Waals surface area contributed by atoms with E-state index in [1.807, 2.05) is 14.1 Å². The molecule has 5 aromatic rings. The predicted octanol–water partition coefficient (Wildman–Crippen LogP) is 2.58. The van der Waals surface area contributed by atoms with Crippen molar-refractivity contribution in [2.24, 2.45) is 7.05 Å². The fourth-order valence-electron chi connectivity index (χ4n) is 5.61. The molecular weight excluding hydrogens is 768 g/mol. The molecule has 5 rings (SSSR count). The Labute approximate surface area is 301 Å². The number of ketones is 1. The second-order valence-electron chi connectivity index (χ2n) is 11.4. The minimum Gasteiger partial charge on any atom is -1.00 e. The normalized spacial score (nSPS) is 11.0. The molecule has 0 fully saturated rings. The standard InChI is InChI=1S/C33H34BrN6O8.BrH/c1-9-10-20-23(44-5)12-11-21-28(31(41)19-15-25(45-6)32(47-8)26(16-19)46-7)36-38(30(20)21)18-40(3,4)17-22-29(24-13-14-27(34)48-24)35-33(37(22)2)39(42)43;/h11-16H,17-18H2,1-8H3;1H/q+1;/p-1. The van der Waals surface area contributed by atoms with Crippen molar-refractivity contribution >= 4 is 38.6 Å². The van der Waals surface area contributed by atoms with Gasteiger partial charge in [-0.15, -0.1) is 5.92 Å². The number of methoxy groups -OCH3 is 4. The number of imidazole rings is 1. The molecule has 258 valence electrons. The average Bonchev–Trinajstić information content (AvgIpc) is 3.74. The zero-order valence-electron chi connectivity index (χ0n) is 28.1. The number of ether oxygens (including phenoxy) is 4. The quantitative estimate of drug-likeness (QED) is 0.0607. The van der Waals surface area contributed by atoms with Crippen molar-refractivity contribution in [2.45, 2.75) is 20.1 Å². The average molecular weight is 802 g/mol. The van der Waals surface area contributed by atoms with Gasteiger partial charge in [-0.3, -0.25) is 4.79 Å². The van der Waals surface area contributed by atoms with Gasteiger partial charge >= 0.3 is 5.95 Å². The highest BCUT2D eigenvalue weighted by Gasteiger charge is 2.34. The van der Waals surface area contributed by atoms with Gasteiger partial charge < -0.3 is 54.9 Å². The molecule has 2 aromatic carbocycles. The van der Waals surface area contributed by atoms with Gasteiger partial charge in [-0.05, 0) is 64.2 Å². The van der Waals surface area contributed by atoms with Gasteiger partial charge in [0.1, 0.15) is 18.0 Å². The first-order chi connectivity index (χ1) is 22.9. The summed E-state index contributed by atoms with van der Waals surface area (Å²) in [6.45, 7) is 2.22. The minimum atomic E-state index is -0.533. The summed E-state index contributed by atoms with van der Waals surface area (Å²) in [4.78, 5) is 29.9. The molecule has 16 heteroatoms. The molecule has 14 nitrogen and oxygen atoms in total. The van der Waals surface area contributed by atoms with Crippen molar-refractivity contribution in [1.29, 1.82) is 0 Å². The van der Waals surface area contributed by atoms with E-state index in [-0.39, 0.29) is 57.7 Å². The third kappa shape index (κ3) is 7.00. The third-order valence-electron chi connectivity index (χ3n) is 7.74. The van der Waals surface area contributed by atoms with E-state index >= 15 is 0 Å². The number of furan rings is 1. The fourth-order valence-corrected chi connectivity index (χ4v) is 5.92. The molecule has 0 radical (unpaired) electrons. The van der Waals surface area contributed by atoms with Crippen LogP contribution in [0.4, 0.5) is 5.95 Å². The lowest BCUT2D eigenvalue weighted by Crippen LogP contribution is -3.00. The summed E-state index contributed by atoms with van der Waals surface area (Å²) >= 11 is 3.30. The zero-order valence-corrected chi connectivity index (χ0v) is 31.3. The molecule has 0 N–H and O–H groups in total. The molecular formula is C33H34Br2N6O8. The Balaban J connectivity index is 0.00000541. The maximum atomic E-state index is 14.2. The third-order valence-corrected chi connectivity index (χ3v) is 8.17. The Kier molecular flexibility index (Phi) is 11.1. The molecule has 0 bridgehead atoms. The number of carbonyl (C=O) groups excluding carboxylic acids is 1. The van der Waals surface area contributed by atoms with Crippen molar-refractivity contribution in [1.82, 2.24) is 19.3 Å². The van der Waals surface area contributed by atoms with Crippen LogP contribution in [-0.2, 0) is 20.3 Å². The number of halogens is 2. The van der Waals surface area contributed by atoms with E-state index in [1.165, 1.54) is 25.9 Å². The molecule has 0 spiro atoms. The first kappa shape index (κ1) is 37.0. The van der Waals surface area contributed by atoms with Crippen LogP contribution in [0.25, 0.3) is 22.4 Å². The first-order valence-corrected chi connectivity index (χ1v) is 15.3. The van der Waals surface area contributed by atoms with Crippen LogP contribution in [0.5, 0.6) is 23.0 Å². The van der Waals surface area contributed by atoms with Crippen LogP contribution in [0.1, 0.15) is 34.2 Å². The highest BCUT2D eigenvalue weighted by Crippen LogP contribution is 2.40. The SMILES string of the molecule is CC#Cc1c(OC)ccc2c(C(=O)c3cc(OC)c(OC)c(OC)c3)nn(C[N+](C)(C)Cc3c(-c4ccc(Br)o4)nc([N+](=O)[O-])n3C)c12.[Br-]. The molecule has 0 unspecified atom stereocenters. The number of carbonyl (C=O) groups is 1. The largest absolute Gasteiger partial charge is 1.00 e. The molecule has 0 saturated carbocycles. The number of benzene rings is 2. The summed E-state index contributed by atoms with van der Waals surface area (Å²) in [5, 5.41) is 17.3. The van der Waals surface area contributed by atoms with E-state index < -0.39 is 4.92 Å². The van der Waals surface area contributed by atoms with Gasteiger partial charge in [0.05, 0.1) is 60.7 Å². The maximum Gasteiger partial charge on any atom is 0.435 e. The van der Waals surface area contributed by atoms with Gasteiger partial charge in [0.15, 0.2) is 34.3 Å². The highest BCUT2D eigenvalue weighted by molar-refractivity contribution is 9.10. The van der Waals surface area contributed by atoms with Crippen LogP contribution in [0.3, 0.4) is 0 Å². The van der Waals surface area contributed by atoms with Gasteiger partial charge in [0, 0.05) is 10.9 Å². The number of rotatable bonds is 12. The lowest BCUT2D eigenvalue weighted by molar-refractivity contribution is -0.926. The number of fused-ring (bicyclic) bond motifs is 1. The summed E-state index contributed by atoms with van der Waals surface area (Å²) in [6, 6.07) is 10.1. The van der Waals surface area contributed by atoms with Crippen LogP contribution in [-0.4, -0.2) is 77.1 Å². The second-order valence-corrected chi connectivity index (χ2v) is 12.1. The second kappa shape index (κ2) is 14.7. The lowest BCUT2D eigenvalue weighted by atomic mass is 10.0. The first-order valence-electron chi connectivity index (χ1n) is 14.5. The van der Waals surface area contributed by atoms with Crippen molar-refractivity contribution in [3.05, 3.63) is 73.7 Å². The number of aromatic nitrogens is 4. The molecule has 0 amide bonds. The topological polar surface area (TPSA) is 146 Å². The van der Waals surface area contributed by atoms with Gasteiger partial charge in [0.25, 0.3) is 0 Å².